The van der Waals surface area contributed by atoms with Gasteiger partial charge in [0.2, 0.25) is 0 Å². The Kier molecular flexibility index (Phi) is 3.65. The molecule has 26 heavy (non-hydrogen) atoms. The van der Waals surface area contributed by atoms with Gasteiger partial charge in [-0.3, -0.25) is 0 Å². The van der Waals surface area contributed by atoms with Crippen LogP contribution in [0.3, 0.4) is 0 Å². The lowest BCUT2D eigenvalue weighted by Crippen LogP contribution is -2.50. The molecule has 1 N–H and O–H groups in total. The lowest BCUT2D eigenvalue weighted by molar-refractivity contribution is 0.425. The van der Waals surface area contributed by atoms with E-state index in [4.69, 9.17) is 0 Å². The fraction of sp³-hybridized carbons (Fsp3) is 0.368. The average Bonchev–Trinajstić information content (AvgIpc) is 3.46. The van der Waals surface area contributed by atoms with Crippen molar-refractivity contribution in [3.8, 4) is 0 Å². The number of hydrogen-bond donors (Lipinski definition) is 1. The number of aromatic nitrogens is 4. The van der Waals surface area contributed by atoms with Crippen molar-refractivity contribution < 1.29 is 4.39 Å². The van der Waals surface area contributed by atoms with Gasteiger partial charge in [-0.2, -0.15) is 5.10 Å². The Labute approximate surface area is 150 Å². The van der Waals surface area contributed by atoms with Crippen LogP contribution in [0.15, 0.2) is 36.7 Å². The Morgan fingerprint density at radius 3 is 2.73 bits per heavy atom. The third kappa shape index (κ3) is 2.94. The number of halogens is 1. The summed E-state index contributed by atoms with van der Waals surface area (Å²) in [5.74, 6) is 2.58. The highest BCUT2D eigenvalue weighted by molar-refractivity contribution is 5.88. The largest absolute Gasteiger partial charge is 0.369 e. The maximum Gasteiger partial charge on any atom is 0.151 e. The smallest absolute Gasteiger partial charge is 0.151 e. The molecule has 1 saturated carbocycles. The number of rotatable bonds is 5. The van der Waals surface area contributed by atoms with Crippen molar-refractivity contribution in [1.29, 1.82) is 0 Å². The molecule has 2 aliphatic rings. The zero-order valence-electron chi connectivity index (χ0n) is 14.3. The molecule has 1 aliphatic carbocycles. The van der Waals surface area contributed by atoms with Crippen molar-refractivity contribution in [3.05, 3.63) is 48.2 Å². The minimum atomic E-state index is -0.286. The molecule has 6 nitrogen and oxygen atoms in total. The van der Waals surface area contributed by atoms with E-state index in [1.807, 2.05) is 0 Å². The first-order valence-corrected chi connectivity index (χ1v) is 8.99. The lowest BCUT2D eigenvalue weighted by Gasteiger charge is -2.40. The molecular weight excluding hydrogens is 331 g/mol. The second-order valence-corrected chi connectivity index (χ2v) is 7.13. The molecule has 2 fully saturated rings. The molecule has 0 amide bonds. The third-order valence-electron chi connectivity index (χ3n) is 5.10. The van der Waals surface area contributed by atoms with Crippen molar-refractivity contribution in [1.82, 2.24) is 20.2 Å². The first kappa shape index (κ1) is 15.4. The Hall–Kier alpha value is -2.83. The zero-order valence-corrected chi connectivity index (χ0v) is 14.3. The standard InChI is InChI=1S/C19H19FN6/c20-14-3-4-15-17(7-14)22-11-23-19(15)21-8-12-9-26(10-12)18-6-5-16(24-25-18)13-1-2-13/h3-7,11-13H,1-2,8-10H2,(H,21,22,23). The van der Waals surface area contributed by atoms with Gasteiger partial charge in [0.15, 0.2) is 5.82 Å². The first-order valence-electron chi connectivity index (χ1n) is 8.99. The van der Waals surface area contributed by atoms with E-state index in [1.54, 1.807) is 6.07 Å². The summed E-state index contributed by atoms with van der Waals surface area (Å²) in [7, 11) is 0. The summed E-state index contributed by atoms with van der Waals surface area (Å²) in [5, 5.41) is 12.9. The molecule has 0 radical (unpaired) electrons. The van der Waals surface area contributed by atoms with E-state index < -0.39 is 0 Å². The predicted octanol–water partition coefficient (Wildman–Crippen LogP) is 2.98. The van der Waals surface area contributed by atoms with Crippen LogP contribution in [0.5, 0.6) is 0 Å². The number of benzene rings is 1. The molecule has 7 heteroatoms. The van der Waals surface area contributed by atoms with Gasteiger partial charge in [-0.1, -0.05) is 0 Å². The van der Waals surface area contributed by atoms with Crippen molar-refractivity contribution in [2.45, 2.75) is 18.8 Å². The number of hydrogen-bond acceptors (Lipinski definition) is 6. The molecule has 2 aromatic heterocycles. The summed E-state index contributed by atoms with van der Waals surface area (Å²) in [4.78, 5) is 10.7. The molecule has 132 valence electrons. The molecule has 3 aromatic rings. The maximum atomic E-state index is 13.3. The van der Waals surface area contributed by atoms with Crippen LogP contribution in [-0.2, 0) is 0 Å². The minimum absolute atomic E-state index is 0.286. The van der Waals surface area contributed by atoms with E-state index >= 15 is 0 Å². The molecule has 1 aliphatic heterocycles. The van der Waals surface area contributed by atoms with Crippen LogP contribution in [0.4, 0.5) is 16.0 Å². The van der Waals surface area contributed by atoms with E-state index in [1.165, 1.54) is 31.3 Å². The third-order valence-corrected chi connectivity index (χ3v) is 5.10. The average molecular weight is 350 g/mol. The number of nitrogens with zero attached hydrogens (tertiary/aromatic N) is 5. The Bertz CT molecular complexity index is 934. The van der Waals surface area contributed by atoms with Crippen LogP contribution >= 0.6 is 0 Å². The fourth-order valence-corrected chi connectivity index (χ4v) is 3.40. The monoisotopic (exact) mass is 350 g/mol. The van der Waals surface area contributed by atoms with Crippen molar-refractivity contribution in [3.63, 3.8) is 0 Å². The Morgan fingerprint density at radius 2 is 1.96 bits per heavy atom. The van der Waals surface area contributed by atoms with Gasteiger partial charge >= 0.3 is 0 Å². The van der Waals surface area contributed by atoms with Gasteiger partial charge in [-0.05, 0) is 37.1 Å². The summed E-state index contributed by atoms with van der Waals surface area (Å²) in [6.07, 6.45) is 3.96. The fourth-order valence-electron chi connectivity index (χ4n) is 3.40. The molecule has 5 rings (SSSR count). The lowest BCUT2D eigenvalue weighted by atomic mass is 10.00. The Morgan fingerprint density at radius 1 is 1.08 bits per heavy atom. The van der Waals surface area contributed by atoms with E-state index in [2.05, 4.69) is 42.5 Å². The molecule has 0 bridgehead atoms. The second-order valence-electron chi connectivity index (χ2n) is 7.13. The number of fused-ring (bicyclic) bond motifs is 1. The first-order chi connectivity index (χ1) is 12.8. The van der Waals surface area contributed by atoms with Gasteiger partial charge in [0, 0.05) is 42.9 Å². The Balaban J connectivity index is 1.19. The van der Waals surface area contributed by atoms with Crippen molar-refractivity contribution in [2.24, 2.45) is 5.92 Å². The van der Waals surface area contributed by atoms with Crippen LogP contribution in [0.2, 0.25) is 0 Å². The van der Waals surface area contributed by atoms with Gasteiger partial charge in [-0.15, -0.1) is 5.10 Å². The van der Waals surface area contributed by atoms with Gasteiger partial charge in [0.1, 0.15) is 18.0 Å². The van der Waals surface area contributed by atoms with Crippen LogP contribution in [0.1, 0.15) is 24.5 Å². The molecule has 0 spiro atoms. The van der Waals surface area contributed by atoms with Gasteiger partial charge < -0.3 is 10.2 Å². The van der Waals surface area contributed by atoms with E-state index in [0.717, 1.165) is 42.4 Å². The summed E-state index contributed by atoms with van der Waals surface area (Å²) in [5.41, 5.74) is 1.74. The van der Waals surface area contributed by atoms with Crippen LogP contribution in [0.25, 0.3) is 10.9 Å². The topological polar surface area (TPSA) is 66.8 Å². The van der Waals surface area contributed by atoms with Gasteiger partial charge in [0.25, 0.3) is 0 Å². The normalized spacial score (nSPS) is 17.3. The van der Waals surface area contributed by atoms with Gasteiger partial charge in [0.05, 0.1) is 11.2 Å². The maximum absolute atomic E-state index is 13.3. The summed E-state index contributed by atoms with van der Waals surface area (Å²) in [6.45, 7) is 2.71. The molecule has 0 atom stereocenters. The highest BCUT2D eigenvalue weighted by atomic mass is 19.1. The summed E-state index contributed by atoms with van der Waals surface area (Å²) in [6, 6.07) is 8.77. The van der Waals surface area contributed by atoms with E-state index in [9.17, 15) is 4.39 Å². The minimum Gasteiger partial charge on any atom is -0.369 e. The summed E-state index contributed by atoms with van der Waals surface area (Å²) < 4.78 is 13.3. The molecule has 0 unspecified atom stereocenters. The SMILES string of the molecule is Fc1ccc2c(NCC3CN(c4ccc(C5CC5)nn4)C3)ncnc2c1. The highest BCUT2D eigenvalue weighted by Crippen LogP contribution is 2.39. The second kappa shape index (κ2) is 6.16. The highest BCUT2D eigenvalue weighted by Gasteiger charge is 2.29. The molecular formula is C19H19FN6. The van der Waals surface area contributed by atoms with Crippen LogP contribution in [-0.4, -0.2) is 39.8 Å². The number of anilines is 2. The summed E-state index contributed by atoms with van der Waals surface area (Å²) >= 11 is 0. The molecule has 1 aromatic carbocycles. The van der Waals surface area contributed by atoms with E-state index in [0.29, 0.717) is 17.4 Å². The molecule has 3 heterocycles. The molecule has 1 saturated heterocycles. The van der Waals surface area contributed by atoms with E-state index in [-0.39, 0.29) is 5.82 Å². The quantitative estimate of drug-likeness (QED) is 0.763. The van der Waals surface area contributed by atoms with Gasteiger partial charge in [-0.25, -0.2) is 14.4 Å². The zero-order chi connectivity index (χ0) is 17.5. The number of nitrogens with one attached hydrogen (secondary N) is 1. The van der Waals surface area contributed by atoms with Crippen molar-refractivity contribution >= 4 is 22.5 Å². The van der Waals surface area contributed by atoms with Crippen LogP contribution in [0, 0.1) is 11.7 Å². The van der Waals surface area contributed by atoms with Crippen molar-refractivity contribution in [2.75, 3.05) is 29.9 Å². The van der Waals surface area contributed by atoms with Crippen LogP contribution < -0.4 is 10.2 Å². The predicted molar refractivity (Wildman–Crippen MR) is 97.7 cm³/mol.